The molecule has 2 aromatic rings. The molecule has 0 saturated heterocycles. The molecular weight excluding hydrogens is 312 g/mol. The Hall–Kier alpha value is -3.55. The van der Waals surface area contributed by atoms with Crippen molar-refractivity contribution >= 4 is 29.4 Å². The number of anilines is 1. The summed E-state index contributed by atoms with van der Waals surface area (Å²) in [5.41, 5.74) is 3.56. The van der Waals surface area contributed by atoms with Gasteiger partial charge in [0.15, 0.2) is 0 Å². The minimum absolute atomic E-state index is 0.0618. The van der Waals surface area contributed by atoms with Gasteiger partial charge >= 0.3 is 0 Å². The number of nitro groups is 1. The highest BCUT2D eigenvalue weighted by Gasteiger charge is 2.06. The van der Waals surface area contributed by atoms with Crippen LogP contribution >= 0.6 is 0 Å². The second-order valence-electron chi connectivity index (χ2n) is 4.81. The standard InChI is InChI=1S/C16H14N4O4/c1-11(21)18-14-6-3-5-13(9-14)16(22)19-17-10-12-4-2-7-15(8-12)20(23)24/h2-10H,1H3,(H,18,21)(H,19,22). The van der Waals surface area contributed by atoms with Crippen LogP contribution in [0.3, 0.4) is 0 Å². The van der Waals surface area contributed by atoms with Crippen LogP contribution < -0.4 is 10.7 Å². The maximum Gasteiger partial charge on any atom is 0.271 e. The Bertz CT molecular complexity index is 817. The molecule has 122 valence electrons. The van der Waals surface area contributed by atoms with Crippen molar-refractivity contribution in [3.05, 3.63) is 69.8 Å². The number of hydrogen-bond donors (Lipinski definition) is 2. The van der Waals surface area contributed by atoms with Crippen molar-refractivity contribution in [2.75, 3.05) is 5.32 Å². The third-order valence-corrected chi connectivity index (χ3v) is 2.91. The van der Waals surface area contributed by atoms with Crippen molar-refractivity contribution in [3.63, 3.8) is 0 Å². The minimum atomic E-state index is -0.510. The number of hydrazone groups is 1. The van der Waals surface area contributed by atoms with E-state index in [0.29, 0.717) is 16.8 Å². The topological polar surface area (TPSA) is 114 Å². The van der Waals surface area contributed by atoms with Gasteiger partial charge in [-0.05, 0) is 18.2 Å². The Morgan fingerprint density at radius 1 is 1.17 bits per heavy atom. The van der Waals surface area contributed by atoms with Crippen molar-refractivity contribution in [1.29, 1.82) is 0 Å². The molecule has 2 aromatic carbocycles. The van der Waals surface area contributed by atoms with Gasteiger partial charge in [-0.25, -0.2) is 5.43 Å². The number of nitrogens with one attached hydrogen (secondary N) is 2. The van der Waals surface area contributed by atoms with Crippen LogP contribution in [0.4, 0.5) is 11.4 Å². The molecule has 0 atom stereocenters. The summed E-state index contributed by atoms with van der Waals surface area (Å²) in [7, 11) is 0. The summed E-state index contributed by atoms with van der Waals surface area (Å²) in [6, 6.07) is 12.2. The number of benzene rings is 2. The molecule has 0 saturated carbocycles. The summed E-state index contributed by atoms with van der Waals surface area (Å²) in [5, 5.41) is 17.0. The number of carbonyl (C=O) groups is 2. The molecule has 0 heterocycles. The van der Waals surface area contributed by atoms with Gasteiger partial charge in [-0.3, -0.25) is 19.7 Å². The van der Waals surface area contributed by atoms with Gasteiger partial charge in [-0.2, -0.15) is 5.10 Å². The van der Waals surface area contributed by atoms with E-state index in [-0.39, 0.29) is 11.6 Å². The highest BCUT2D eigenvalue weighted by Crippen LogP contribution is 2.12. The largest absolute Gasteiger partial charge is 0.326 e. The lowest BCUT2D eigenvalue weighted by atomic mass is 10.2. The normalized spacial score (nSPS) is 10.4. The Kier molecular flexibility index (Phi) is 5.35. The molecule has 2 amide bonds. The lowest BCUT2D eigenvalue weighted by Crippen LogP contribution is -2.18. The molecule has 0 aliphatic rings. The zero-order valence-corrected chi connectivity index (χ0v) is 12.7. The highest BCUT2D eigenvalue weighted by molar-refractivity contribution is 5.97. The molecule has 0 aliphatic carbocycles. The number of nitrogens with zero attached hydrogens (tertiary/aromatic N) is 2. The maximum absolute atomic E-state index is 12.0. The van der Waals surface area contributed by atoms with E-state index in [1.807, 2.05) is 0 Å². The molecule has 24 heavy (non-hydrogen) atoms. The maximum atomic E-state index is 12.0. The van der Waals surface area contributed by atoms with E-state index in [0.717, 1.165) is 0 Å². The summed E-state index contributed by atoms with van der Waals surface area (Å²) in [6.45, 7) is 1.37. The molecule has 0 radical (unpaired) electrons. The van der Waals surface area contributed by atoms with Crippen LogP contribution in [-0.4, -0.2) is 23.0 Å². The van der Waals surface area contributed by atoms with Crippen molar-refractivity contribution in [1.82, 2.24) is 5.43 Å². The van der Waals surface area contributed by atoms with E-state index in [9.17, 15) is 19.7 Å². The smallest absolute Gasteiger partial charge is 0.271 e. The van der Waals surface area contributed by atoms with Crippen LogP contribution in [0.2, 0.25) is 0 Å². The van der Waals surface area contributed by atoms with E-state index in [1.54, 1.807) is 24.3 Å². The summed E-state index contributed by atoms with van der Waals surface area (Å²) in [4.78, 5) is 33.2. The Labute approximate surface area is 137 Å². The lowest BCUT2D eigenvalue weighted by Gasteiger charge is -2.04. The second kappa shape index (κ2) is 7.63. The van der Waals surface area contributed by atoms with Crippen molar-refractivity contribution in [2.24, 2.45) is 5.10 Å². The van der Waals surface area contributed by atoms with Crippen LogP contribution in [0.5, 0.6) is 0 Å². The Morgan fingerprint density at radius 2 is 1.92 bits per heavy atom. The summed E-state index contributed by atoms with van der Waals surface area (Å²) in [5.74, 6) is -0.708. The molecule has 8 heteroatoms. The molecule has 2 N–H and O–H groups in total. The van der Waals surface area contributed by atoms with Crippen LogP contribution in [0.15, 0.2) is 53.6 Å². The summed E-state index contributed by atoms with van der Waals surface area (Å²) in [6.07, 6.45) is 1.31. The van der Waals surface area contributed by atoms with Crippen LogP contribution in [0.25, 0.3) is 0 Å². The average Bonchev–Trinajstić information content (AvgIpc) is 2.54. The number of nitro benzene ring substituents is 1. The van der Waals surface area contributed by atoms with Gasteiger partial charge in [-0.1, -0.05) is 18.2 Å². The average molecular weight is 326 g/mol. The minimum Gasteiger partial charge on any atom is -0.326 e. The van der Waals surface area contributed by atoms with Gasteiger partial charge < -0.3 is 5.32 Å². The summed E-state index contributed by atoms with van der Waals surface area (Å²) >= 11 is 0. The first kappa shape index (κ1) is 16.8. The zero-order valence-electron chi connectivity index (χ0n) is 12.7. The SMILES string of the molecule is CC(=O)Nc1cccc(C(=O)NN=Cc2cccc([N+](=O)[O-])c2)c1. The molecule has 0 bridgehead atoms. The number of non-ortho nitro benzene ring substituents is 1. The van der Waals surface area contributed by atoms with E-state index < -0.39 is 10.8 Å². The lowest BCUT2D eigenvalue weighted by molar-refractivity contribution is -0.384. The second-order valence-corrected chi connectivity index (χ2v) is 4.81. The van der Waals surface area contributed by atoms with E-state index in [1.165, 1.54) is 37.4 Å². The molecule has 2 rings (SSSR count). The van der Waals surface area contributed by atoms with Crippen molar-refractivity contribution in [2.45, 2.75) is 6.92 Å². The fourth-order valence-corrected chi connectivity index (χ4v) is 1.89. The van der Waals surface area contributed by atoms with Crippen molar-refractivity contribution in [3.8, 4) is 0 Å². The first-order valence-corrected chi connectivity index (χ1v) is 6.91. The van der Waals surface area contributed by atoms with Crippen molar-refractivity contribution < 1.29 is 14.5 Å². The first-order chi connectivity index (χ1) is 11.5. The molecule has 0 unspecified atom stereocenters. The van der Waals surface area contributed by atoms with Gasteiger partial charge in [-0.15, -0.1) is 0 Å². The summed E-state index contributed by atoms with van der Waals surface area (Å²) < 4.78 is 0. The molecule has 0 aromatic heterocycles. The zero-order chi connectivity index (χ0) is 17.5. The predicted molar refractivity (Wildman–Crippen MR) is 88.9 cm³/mol. The number of amides is 2. The molecule has 0 spiro atoms. The molecule has 8 nitrogen and oxygen atoms in total. The third kappa shape index (κ3) is 4.73. The van der Waals surface area contributed by atoms with Gasteiger partial charge in [0, 0.05) is 35.9 Å². The number of rotatable bonds is 5. The number of carbonyl (C=O) groups excluding carboxylic acids is 2. The fourth-order valence-electron chi connectivity index (χ4n) is 1.89. The Balaban J connectivity index is 2.04. The fraction of sp³-hybridized carbons (Fsp3) is 0.0625. The number of hydrogen-bond acceptors (Lipinski definition) is 5. The van der Waals surface area contributed by atoms with Gasteiger partial charge in [0.05, 0.1) is 11.1 Å². The molecular formula is C16H14N4O4. The molecule has 0 aliphatic heterocycles. The van der Waals surface area contributed by atoms with Gasteiger partial charge in [0.25, 0.3) is 11.6 Å². The Morgan fingerprint density at radius 3 is 2.62 bits per heavy atom. The van der Waals surface area contributed by atoms with Crippen LogP contribution in [0, 0.1) is 10.1 Å². The molecule has 0 fully saturated rings. The first-order valence-electron chi connectivity index (χ1n) is 6.91. The van der Waals surface area contributed by atoms with E-state index in [4.69, 9.17) is 0 Å². The van der Waals surface area contributed by atoms with Gasteiger partial charge in [0.1, 0.15) is 0 Å². The van der Waals surface area contributed by atoms with E-state index >= 15 is 0 Å². The van der Waals surface area contributed by atoms with Gasteiger partial charge in [0.2, 0.25) is 5.91 Å². The van der Waals surface area contributed by atoms with Crippen LogP contribution in [0.1, 0.15) is 22.8 Å². The quantitative estimate of drug-likeness (QED) is 0.498. The van der Waals surface area contributed by atoms with Crippen LogP contribution in [-0.2, 0) is 4.79 Å². The monoisotopic (exact) mass is 326 g/mol. The highest BCUT2D eigenvalue weighted by atomic mass is 16.6. The third-order valence-electron chi connectivity index (χ3n) is 2.91. The predicted octanol–water partition coefficient (Wildman–Crippen LogP) is 2.32. The van der Waals surface area contributed by atoms with E-state index in [2.05, 4.69) is 15.8 Å².